The predicted octanol–water partition coefficient (Wildman–Crippen LogP) is 3.14. The van der Waals surface area contributed by atoms with Gasteiger partial charge in [-0.1, -0.05) is 24.0 Å². The lowest BCUT2D eigenvalue weighted by atomic mass is 10.1. The Morgan fingerprint density at radius 2 is 1.68 bits per heavy atom. The van der Waals surface area contributed by atoms with E-state index in [0.717, 1.165) is 17.4 Å². The Balaban J connectivity index is 2.41. The number of amides is 1. The number of hydrogen-bond acceptors (Lipinski definition) is 3. The van der Waals surface area contributed by atoms with Gasteiger partial charge in [0.1, 0.15) is 4.32 Å². The highest BCUT2D eigenvalue weighted by Gasteiger charge is 2.21. The molecule has 0 aromatic heterocycles. The van der Waals surface area contributed by atoms with Crippen molar-refractivity contribution >= 4 is 34.2 Å². The summed E-state index contributed by atoms with van der Waals surface area (Å²) in [4.78, 5) is 16.4. The number of rotatable bonds is 4. The molecule has 0 aromatic carbocycles. The van der Waals surface area contributed by atoms with Gasteiger partial charge in [-0.15, -0.1) is 0 Å². The number of thioether (sulfide) groups is 1. The van der Waals surface area contributed by atoms with Gasteiger partial charge in [0.15, 0.2) is 0 Å². The van der Waals surface area contributed by atoms with E-state index in [2.05, 4.69) is 32.6 Å². The van der Waals surface area contributed by atoms with Gasteiger partial charge in [-0.25, -0.2) is 0 Å². The minimum Gasteiger partial charge on any atom is -0.358 e. The highest BCUT2D eigenvalue weighted by atomic mass is 32.2. The fourth-order valence-electron chi connectivity index (χ4n) is 2.54. The van der Waals surface area contributed by atoms with E-state index < -0.39 is 0 Å². The van der Waals surface area contributed by atoms with Gasteiger partial charge >= 0.3 is 0 Å². The lowest BCUT2D eigenvalue weighted by Crippen LogP contribution is -2.43. The summed E-state index contributed by atoms with van der Waals surface area (Å²) in [6.45, 7) is 10.4. The topological polar surface area (TPSA) is 23.6 Å². The molecule has 110 valence electrons. The van der Waals surface area contributed by atoms with Gasteiger partial charge in [-0.2, -0.15) is 0 Å². The number of piperidine rings is 1. The summed E-state index contributed by atoms with van der Waals surface area (Å²) in [6.07, 6.45) is 3.74. The summed E-state index contributed by atoms with van der Waals surface area (Å²) in [5.41, 5.74) is 0. The van der Waals surface area contributed by atoms with Gasteiger partial charge in [0.2, 0.25) is 5.91 Å². The van der Waals surface area contributed by atoms with E-state index in [1.54, 1.807) is 0 Å². The molecular weight excluding hydrogens is 276 g/mol. The third-order valence-electron chi connectivity index (χ3n) is 3.33. The smallest absolute Gasteiger partial charge is 0.233 e. The monoisotopic (exact) mass is 302 g/mol. The SMILES string of the molecule is CC(C)N(C(=O)CSC(=S)N1CCCCC1)C(C)C. The van der Waals surface area contributed by atoms with Gasteiger partial charge < -0.3 is 9.80 Å². The van der Waals surface area contributed by atoms with Crippen molar-refractivity contribution in [3.63, 3.8) is 0 Å². The Kier molecular flexibility index (Phi) is 7.15. The zero-order valence-electron chi connectivity index (χ0n) is 12.5. The maximum absolute atomic E-state index is 12.2. The third kappa shape index (κ3) is 5.30. The standard InChI is InChI=1S/C14H26N2OS2/c1-11(2)16(12(3)4)13(17)10-19-14(18)15-8-6-5-7-9-15/h11-12H,5-10H2,1-4H3. The first-order valence-electron chi connectivity index (χ1n) is 7.16. The van der Waals surface area contributed by atoms with Crippen LogP contribution < -0.4 is 0 Å². The Morgan fingerprint density at radius 3 is 2.16 bits per heavy atom. The summed E-state index contributed by atoms with van der Waals surface area (Å²) in [6, 6.07) is 0.494. The zero-order valence-corrected chi connectivity index (χ0v) is 14.1. The fraction of sp³-hybridized carbons (Fsp3) is 0.857. The molecule has 3 nitrogen and oxygen atoms in total. The second-order valence-electron chi connectivity index (χ2n) is 5.59. The maximum Gasteiger partial charge on any atom is 0.233 e. The molecule has 0 radical (unpaired) electrons. The molecule has 1 heterocycles. The van der Waals surface area contributed by atoms with Crippen LogP contribution in [-0.2, 0) is 4.79 Å². The molecule has 0 saturated carbocycles. The first-order chi connectivity index (χ1) is 8.93. The fourth-order valence-corrected chi connectivity index (χ4v) is 3.66. The molecule has 0 spiro atoms. The van der Waals surface area contributed by atoms with Crippen molar-refractivity contribution in [3.8, 4) is 0 Å². The molecule has 1 amide bonds. The van der Waals surface area contributed by atoms with E-state index in [0.29, 0.717) is 5.75 Å². The van der Waals surface area contributed by atoms with Gasteiger partial charge in [0, 0.05) is 25.2 Å². The Hall–Kier alpha value is -0.290. The minimum atomic E-state index is 0.189. The van der Waals surface area contributed by atoms with Crippen molar-refractivity contribution in [1.29, 1.82) is 0 Å². The molecule has 0 aromatic rings. The van der Waals surface area contributed by atoms with Crippen molar-refractivity contribution in [2.75, 3.05) is 18.8 Å². The van der Waals surface area contributed by atoms with Crippen molar-refractivity contribution < 1.29 is 4.79 Å². The van der Waals surface area contributed by atoms with E-state index in [9.17, 15) is 4.79 Å². The number of carbonyl (C=O) groups excluding carboxylic acids is 1. The molecule has 1 fully saturated rings. The van der Waals surface area contributed by atoms with Crippen LogP contribution in [-0.4, -0.2) is 51.0 Å². The van der Waals surface area contributed by atoms with Crippen LogP contribution >= 0.6 is 24.0 Å². The largest absolute Gasteiger partial charge is 0.358 e. The molecular formula is C14H26N2OS2. The number of nitrogens with zero attached hydrogens (tertiary/aromatic N) is 2. The maximum atomic E-state index is 12.2. The van der Waals surface area contributed by atoms with E-state index in [4.69, 9.17) is 12.2 Å². The average Bonchev–Trinajstić information content (AvgIpc) is 2.36. The van der Waals surface area contributed by atoms with Crippen LogP contribution in [0.4, 0.5) is 0 Å². The van der Waals surface area contributed by atoms with Crippen molar-refractivity contribution in [3.05, 3.63) is 0 Å². The molecule has 1 saturated heterocycles. The second-order valence-corrected chi connectivity index (χ2v) is 7.20. The normalized spacial score (nSPS) is 16.0. The Labute approximate surface area is 127 Å². The number of thiocarbonyl (C=S) groups is 1. The van der Waals surface area contributed by atoms with Gasteiger partial charge in [-0.3, -0.25) is 4.79 Å². The van der Waals surface area contributed by atoms with E-state index in [1.807, 2.05) is 4.90 Å². The number of carbonyl (C=O) groups is 1. The van der Waals surface area contributed by atoms with Crippen LogP contribution in [0.2, 0.25) is 0 Å². The predicted molar refractivity (Wildman–Crippen MR) is 87.6 cm³/mol. The van der Waals surface area contributed by atoms with Crippen LogP contribution in [0.3, 0.4) is 0 Å². The lowest BCUT2D eigenvalue weighted by molar-refractivity contribution is -0.131. The zero-order chi connectivity index (χ0) is 14.4. The van der Waals surface area contributed by atoms with Crippen LogP contribution in [0, 0.1) is 0 Å². The Morgan fingerprint density at radius 1 is 1.16 bits per heavy atom. The molecule has 0 atom stereocenters. The third-order valence-corrected chi connectivity index (χ3v) is 4.84. The van der Waals surface area contributed by atoms with E-state index >= 15 is 0 Å². The Bertz CT molecular complexity index is 305. The van der Waals surface area contributed by atoms with Crippen molar-refractivity contribution in [1.82, 2.24) is 9.80 Å². The molecule has 19 heavy (non-hydrogen) atoms. The molecule has 0 N–H and O–H groups in total. The quantitative estimate of drug-likeness (QED) is 0.744. The average molecular weight is 303 g/mol. The van der Waals surface area contributed by atoms with E-state index in [1.165, 1.54) is 31.0 Å². The summed E-state index contributed by atoms with van der Waals surface area (Å²) in [5.74, 6) is 0.653. The molecule has 0 bridgehead atoms. The van der Waals surface area contributed by atoms with Crippen molar-refractivity contribution in [2.24, 2.45) is 0 Å². The number of likely N-dealkylation sites (tertiary alicyclic amines) is 1. The van der Waals surface area contributed by atoms with Crippen LogP contribution in [0.1, 0.15) is 47.0 Å². The van der Waals surface area contributed by atoms with Crippen LogP contribution in [0.15, 0.2) is 0 Å². The second kappa shape index (κ2) is 8.10. The minimum absolute atomic E-state index is 0.189. The molecule has 1 aliphatic rings. The van der Waals surface area contributed by atoms with Crippen LogP contribution in [0.25, 0.3) is 0 Å². The van der Waals surface area contributed by atoms with Gasteiger partial charge in [0.05, 0.1) is 5.75 Å². The highest BCUT2D eigenvalue weighted by Crippen LogP contribution is 2.17. The molecule has 1 rings (SSSR count). The lowest BCUT2D eigenvalue weighted by Gasteiger charge is -2.32. The molecule has 5 heteroatoms. The first kappa shape index (κ1) is 16.8. The summed E-state index contributed by atoms with van der Waals surface area (Å²) >= 11 is 6.95. The van der Waals surface area contributed by atoms with Gasteiger partial charge in [-0.05, 0) is 47.0 Å². The molecule has 0 unspecified atom stereocenters. The van der Waals surface area contributed by atoms with Gasteiger partial charge in [0.25, 0.3) is 0 Å². The molecule has 1 aliphatic heterocycles. The van der Waals surface area contributed by atoms with Crippen molar-refractivity contribution in [2.45, 2.75) is 59.0 Å². The summed E-state index contributed by atoms with van der Waals surface area (Å²) in [7, 11) is 0. The van der Waals surface area contributed by atoms with E-state index in [-0.39, 0.29) is 18.0 Å². The molecule has 0 aliphatic carbocycles. The summed E-state index contributed by atoms with van der Waals surface area (Å²) in [5, 5.41) is 0. The number of hydrogen-bond donors (Lipinski definition) is 0. The summed E-state index contributed by atoms with van der Waals surface area (Å²) < 4.78 is 0.889. The highest BCUT2D eigenvalue weighted by molar-refractivity contribution is 8.23. The van der Waals surface area contributed by atoms with Crippen LogP contribution in [0.5, 0.6) is 0 Å². The first-order valence-corrected chi connectivity index (χ1v) is 8.55.